The Kier molecular flexibility index (Phi) is 4.82. The largest absolute Gasteiger partial charge is 0.508 e. The average molecular weight is 462 g/mol. The van der Waals surface area contributed by atoms with Crippen molar-refractivity contribution in [1.82, 2.24) is 0 Å². The van der Waals surface area contributed by atoms with Gasteiger partial charge in [0.2, 0.25) is 23.6 Å². The number of fused-ring (bicyclic) bond motifs is 2. The fourth-order valence-electron chi connectivity index (χ4n) is 5.54. The molecule has 2 N–H and O–H groups in total. The number of hydrogen-bond acceptors (Lipinski definition) is 8. The van der Waals surface area contributed by atoms with E-state index < -0.39 is 59.1 Å². The van der Waals surface area contributed by atoms with Crippen LogP contribution in [0.3, 0.4) is 0 Å². The highest BCUT2D eigenvalue weighted by atomic mass is 16.3. The van der Waals surface area contributed by atoms with Crippen LogP contribution in [0.2, 0.25) is 0 Å². The number of aldehydes is 2. The van der Waals surface area contributed by atoms with Gasteiger partial charge in [0.05, 0.1) is 35.0 Å². The molecule has 2 aromatic carbocycles. The van der Waals surface area contributed by atoms with Gasteiger partial charge in [-0.2, -0.15) is 0 Å². The summed E-state index contributed by atoms with van der Waals surface area (Å²) in [6, 6.07) is 10.5. The summed E-state index contributed by atoms with van der Waals surface area (Å²) in [4.78, 5) is 79.5. The lowest BCUT2D eigenvalue weighted by molar-refractivity contribution is -0.146. The summed E-state index contributed by atoms with van der Waals surface area (Å²) in [7, 11) is 0. The monoisotopic (exact) mass is 462 g/mol. The van der Waals surface area contributed by atoms with Crippen LogP contribution in [-0.4, -0.2) is 46.4 Å². The second kappa shape index (κ2) is 7.62. The standard InChI is InChI=1S/C24H18N2O8/c27-9-15-17-18(22(32)25(21(17)31)11-1-5-13(29)6-2-11)16(10-28)20-19(15)23(33)26(24(20)34)12-3-7-14(30)8-4-12/h1-10,15-20,29-30H. The van der Waals surface area contributed by atoms with Gasteiger partial charge in [-0.05, 0) is 48.5 Å². The van der Waals surface area contributed by atoms with E-state index >= 15 is 0 Å². The Hall–Kier alpha value is -4.34. The molecule has 5 rings (SSSR count). The first-order valence-corrected chi connectivity index (χ1v) is 10.5. The number of benzene rings is 2. The highest BCUT2D eigenvalue weighted by Crippen LogP contribution is 2.54. The van der Waals surface area contributed by atoms with Crippen LogP contribution in [0.1, 0.15) is 0 Å². The fourth-order valence-corrected chi connectivity index (χ4v) is 5.54. The average Bonchev–Trinajstić information content (AvgIpc) is 3.24. The summed E-state index contributed by atoms with van der Waals surface area (Å²) in [5, 5.41) is 19.0. The van der Waals surface area contributed by atoms with Gasteiger partial charge in [-0.3, -0.25) is 29.0 Å². The van der Waals surface area contributed by atoms with Crippen molar-refractivity contribution >= 4 is 47.6 Å². The van der Waals surface area contributed by atoms with Crippen molar-refractivity contribution in [2.75, 3.05) is 9.80 Å². The number of rotatable bonds is 4. The molecule has 2 aliphatic heterocycles. The number of anilines is 2. The topological polar surface area (TPSA) is 149 Å². The Morgan fingerprint density at radius 1 is 0.529 bits per heavy atom. The van der Waals surface area contributed by atoms with Crippen LogP contribution in [0.5, 0.6) is 11.5 Å². The third-order valence-electron chi connectivity index (χ3n) is 6.98. The molecule has 4 amide bonds. The fraction of sp³-hybridized carbons (Fsp3) is 0.250. The number of amides is 4. The molecule has 34 heavy (non-hydrogen) atoms. The van der Waals surface area contributed by atoms with E-state index in [9.17, 15) is 39.0 Å². The van der Waals surface area contributed by atoms with Gasteiger partial charge in [0.1, 0.15) is 24.1 Å². The molecule has 3 aliphatic rings. The maximum absolute atomic E-state index is 13.4. The van der Waals surface area contributed by atoms with E-state index in [1.54, 1.807) is 0 Å². The summed E-state index contributed by atoms with van der Waals surface area (Å²) in [6.07, 6.45) is 0.820. The van der Waals surface area contributed by atoms with E-state index in [0.717, 1.165) is 9.80 Å². The summed E-state index contributed by atoms with van der Waals surface area (Å²) >= 11 is 0. The molecule has 4 atom stereocenters. The van der Waals surface area contributed by atoms with Crippen molar-refractivity contribution in [2.45, 2.75) is 0 Å². The Labute approximate surface area is 192 Å². The zero-order valence-corrected chi connectivity index (χ0v) is 17.5. The SMILES string of the molecule is O=CC1C2C(=O)N(c3ccc(O)cc3)C(=O)C2C(C=O)C2C(=O)N(c3ccc(O)cc3)C(=O)C12. The van der Waals surface area contributed by atoms with E-state index in [1.807, 2.05) is 0 Å². The van der Waals surface area contributed by atoms with Crippen LogP contribution < -0.4 is 9.80 Å². The van der Waals surface area contributed by atoms with E-state index in [0.29, 0.717) is 12.6 Å². The minimum absolute atomic E-state index is 0.0863. The number of imide groups is 2. The van der Waals surface area contributed by atoms with Gasteiger partial charge in [-0.25, -0.2) is 0 Å². The molecule has 2 aromatic rings. The second-order valence-corrected chi connectivity index (χ2v) is 8.59. The first-order valence-electron chi connectivity index (χ1n) is 10.5. The maximum Gasteiger partial charge on any atom is 0.238 e. The molecule has 172 valence electrons. The number of carbonyl (C=O) groups excluding carboxylic acids is 6. The second-order valence-electron chi connectivity index (χ2n) is 8.59. The van der Waals surface area contributed by atoms with Gasteiger partial charge in [0.25, 0.3) is 0 Å². The number of phenols is 2. The van der Waals surface area contributed by atoms with Crippen molar-refractivity contribution in [3.05, 3.63) is 48.5 Å². The number of hydrogen-bond donors (Lipinski definition) is 2. The molecular weight excluding hydrogens is 444 g/mol. The summed E-state index contributed by atoms with van der Waals surface area (Å²) in [5.74, 6) is -10.9. The molecule has 2 heterocycles. The van der Waals surface area contributed by atoms with Crippen molar-refractivity contribution in [3.8, 4) is 11.5 Å². The first kappa shape index (κ1) is 21.5. The lowest BCUT2D eigenvalue weighted by Gasteiger charge is -2.37. The molecule has 10 nitrogen and oxygen atoms in total. The highest BCUT2D eigenvalue weighted by Gasteiger charge is 2.68. The summed E-state index contributed by atoms with van der Waals surface area (Å²) < 4.78 is 0. The van der Waals surface area contributed by atoms with Crippen molar-refractivity contribution in [3.63, 3.8) is 0 Å². The van der Waals surface area contributed by atoms with E-state index in [2.05, 4.69) is 0 Å². The van der Waals surface area contributed by atoms with E-state index in [-0.39, 0.29) is 22.9 Å². The van der Waals surface area contributed by atoms with Gasteiger partial charge >= 0.3 is 0 Å². The smallest absolute Gasteiger partial charge is 0.238 e. The van der Waals surface area contributed by atoms with E-state index in [1.165, 1.54) is 48.5 Å². The first-order chi connectivity index (χ1) is 16.3. The minimum Gasteiger partial charge on any atom is -0.508 e. The number of phenolic OH excluding ortho intramolecular Hbond substituents is 2. The van der Waals surface area contributed by atoms with E-state index in [4.69, 9.17) is 0 Å². The maximum atomic E-state index is 13.4. The number of carbonyl (C=O) groups is 6. The summed E-state index contributed by atoms with van der Waals surface area (Å²) in [6.45, 7) is 0. The molecule has 0 spiro atoms. The van der Waals surface area contributed by atoms with Crippen LogP contribution in [0.15, 0.2) is 48.5 Å². The van der Waals surface area contributed by atoms with Crippen LogP contribution in [0.25, 0.3) is 0 Å². The number of nitrogens with zero attached hydrogens (tertiary/aromatic N) is 2. The molecule has 2 saturated heterocycles. The summed E-state index contributed by atoms with van der Waals surface area (Å²) in [5.41, 5.74) is 0.287. The minimum atomic E-state index is -1.29. The molecule has 10 heteroatoms. The van der Waals surface area contributed by atoms with Crippen LogP contribution >= 0.6 is 0 Å². The van der Waals surface area contributed by atoms with Gasteiger partial charge in [-0.15, -0.1) is 0 Å². The van der Waals surface area contributed by atoms with Gasteiger partial charge in [0, 0.05) is 11.8 Å². The molecule has 3 fully saturated rings. The predicted octanol–water partition coefficient (Wildman–Crippen LogP) is 0.653. The third kappa shape index (κ3) is 2.81. The molecule has 0 aromatic heterocycles. The van der Waals surface area contributed by atoms with Crippen molar-refractivity contribution in [1.29, 1.82) is 0 Å². The molecular formula is C24H18N2O8. The molecule has 4 unspecified atom stereocenters. The third-order valence-corrected chi connectivity index (χ3v) is 6.98. The normalized spacial score (nSPS) is 30.4. The quantitative estimate of drug-likeness (QED) is 0.497. The zero-order chi connectivity index (χ0) is 24.3. The Morgan fingerprint density at radius 3 is 1.03 bits per heavy atom. The predicted molar refractivity (Wildman–Crippen MR) is 114 cm³/mol. The molecule has 1 saturated carbocycles. The Balaban J connectivity index is 1.59. The van der Waals surface area contributed by atoms with Crippen LogP contribution in [0, 0.1) is 35.5 Å². The van der Waals surface area contributed by atoms with Gasteiger partial charge in [0.15, 0.2) is 0 Å². The van der Waals surface area contributed by atoms with Gasteiger partial charge in [-0.1, -0.05) is 0 Å². The van der Waals surface area contributed by atoms with Crippen LogP contribution in [0.4, 0.5) is 11.4 Å². The Morgan fingerprint density at radius 2 is 0.794 bits per heavy atom. The van der Waals surface area contributed by atoms with Gasteiger partial charge < -0.3 is 19.8 Å². The molecule has 0 bridgehead atoms. The number of aromatic hydroxyl groups is 2. The molecule has 1 aliphatic carbocycles. The van der Waals surface area contributed by atoms with Crippen LogP contribution in [-0.2, 0) is 28.8 Å². The zero-order valence-electron chi connectivity index (χ0n) is 17.5. The van der Waals surface area contributed by atoms with Crippen molar-refractivity contribution < 1.29 is 39.0 Å². The molecule has 0 radical (unpaired) electrons. The van der Waals surface area contributed by atoms with Crippen molar-refractivity contribution in [2.24, 2.45) is 35.5 Å². The highest BCUT2D eigenvalue weighted by molar-refractivity contribution is 6.27. The Bertz CT molecular complexity index is 1100. The lowest BCUT2D eigenvalue weighted by Crippen LogP contribution is -2.50. The lowest BCUT2D eigenvalue weighted by atomic mass is 9.59.